The monoisotopic (exact) mass is 362 g/mol. The van der Waals surface area contributed by atoms with Gasteiger partial charge in [-0.3, -0.25) is 4.40 Å². The highest BCUT2D eigenvalue weighted by molar-refractivity contribution is 7.88. The number of aromatic nitrogens is 2. The molecular weight excluding hydrogens is 345 g/mol. The third-order valence-electron chi connectivity index (χ3n) is 4.03. The predicted molar refractivity (Wildman–Crippen MR) is 83.4 cm³/mol. The lowest BCUT2D eigenvalue weighted by Crippen LogP contribution is -2.44. The maximum Gasteiger partial charge on any atom is 0.416 e. The van der Waals surface area contributed by atoms with Crippen LogP contribution in [0.4, 0.5) is 19.0 Å². The largest absolute Gasteiger partial charge is 0.416 e. The van der Waals surface area contributed by atoms with Crippen LogP contribution >= 0.6 is 0 Å². The molecule has 1 aliphatic heterocycles. The normalized spacial score (nSPS) is 17.6. The van der Waals surface area contributed by atoms with E-state index in [-0.39, 0.29) is 6.04 Å². The summed E-state index contributed by atoms with van der Waals surface area (Å²) in [6, 6.07) is 1.98. The number of rotatable bonds is 3. The van der Waals surface area contributed by atoms with Crippen molar-refractivity contribution in [2.24, 2.45) is 0 Å². The molecule has 24 heavy (non-hydrogen) atoms. The van der Waals surface area contributed by atoms with Gasteiger partial charge in [0.1, 0.15) is 12.1 Å². The molecule has 2 aromatic rings. The van der Waals surface area contributed by atoms with Crippen LogP contribution in [0.5, 0.6) is 0 Å². The van der Waals surface area contributed by atoms with Gasteiger partial charge in [-0.15, -0.1) is 0 Å². The van der Waals surface area contributed by atoms with Gasteiger partial charge in [-0.1, -0.05) is 0 Å². The molecular formula is C14H17F3N4O2S. The molecule has 3 heterocycles. The molecule has 0 saturated carbocycles. The first kappa shape index (κ1) is 17.0. The SMILES string of the molecule is CS(=O)(=O)NC1CCN(c2cc(C(F)(F)F)cc3cncn23)CC1. The molecule has 1 aliphatic rings. The molecule has 6 nitrogen and oxygen atoms in total. The molecule has 0 amide bonds. The topological polar surface area (TPSA) is 66.7 Å². The Bertz CT molecular complexity index is 839. The van der Waals surface area contributed by atoms with Crippen LogP contribution in [0.3, 0.4) is 0 Å². The number of sulfonamides is 1. The van der Waals surface area contributed by atoms with Crippen LogP contribution in [0.25, 0.3) is 5.52 Å². The maximum absolute atomic E-state index is 13.1. The summed E-state index contributed by atoms with van der Waals surface area (Å²) in [6.45, 7) is 0.920. The molecule has 0 spiro atoms. The Kier molecular flexibility index (Phi) is 4.20. The van der Waals surface area contributed by atoms with Crippen molar-refractivity contribution in [2.45, 2.75) is 25.1 Å². The Labute approximate surface area is 137 Å². The zero-order valence-corrected chi connectivity index (χ0v) is 13.7. The third kappa shape index (κ3) is 3.64. The molecule has 0 unspecified atom stereocenters. The number of pyridine rings is 1. The first-order chi connectivity index (χ1) is 11.1. The van der Waals surface area contributed by atoms with E-state index in [0.717, 1.165) is 18.4 Å². The number of nitrogens with one attached hydrogen (secondary N) is 1. The van der Waals surface area contributed by atoms with Gasteiger partial charge < -0.3 is 4.90 Å². The Morgan fingerprint density at radius 1 is 1.25 bits per heavy atom. The van der Waals surface area contributed by atoms with Gasteiger partial charge in [0.05, 0.1) is 23.5 Å². The van der Waals surface area contributed by atoms with Gasteiger partial charge >= 0.3 is 6.18 Å². The highest BCUT2D eigenvalue weighted by Crippen LogP contribution is 2.33. The van der Waals surface area contributed by atoms with E-state index >= 15 is 0 Å². The fourth-order valence-corrected chi connectivity index (χ4v) is 3.79. The average molecular weight is 362 g/mol. The molecule has 132 valence electrons. The second-order valence-electron chi connectivity index (χ2n) is 5.94. The molecule has 0 radical (unpaired) electrons. The standard InChI is InChI=1S/C14H17F3N4O2S/c1-24(22,23)19-11-2-4-20(5-3-11)13-7-10(14(15,16)17)6-12-8-18-9-21(12)13/h6-9,11,19H,2-5H2,1H3. The van der Waals surface area contributed by atoms with Crippen molar-refractivity contribution in [3.63, 3.8) is 0 Å². The first-order valence-corrected chi connectivity index (χ1v) is 9.28. The highest BCUT2D eigenvalue weighted by atomic mass is 32.2. The van der Waals surface area contributed by atoms with Gasteiger partial charge in [0, 0.05) is 19.1 Å². The minimum Gasteiger partial charge on any atom is -0.358 e. The smallest absolute Gasteiger partial charge is 0.358 e. The number of piperidine rings is 1. The quantitative estimate of drug-likeness (QED) is 0.905. The summed E-state index contributed by atoms with van der Waals surface area (Å²) in [5.41, 5.74) is -0.349. The maximum atomic E-state index is 13.1. The van der Waals surface area contributed by atoms with Gasteiger partial charge in [-0.05, 0) is 25.0 Å². The lowest BCUT2D eigenvalue weighted by atomic mass is 10.1. The summed E-state index contributed by atoms with van der Waals surface area (Å²) in [5, 5.41) is 0. The van der Waals surface area contributed by atoms with E-state index in [4.69, 9.17) is 0 Å². The van der Waals surface area contributed by atoms with Crippen molar-refractivity contribution in [2.75, 3.05) is 24.2 Å². The van der Waals surface area contributed by atoms with Crippen molar-refractivity contribution in [3.05, 3.63) is 30.2 Å². The lowest BCUT2D eigenvalue weighted by molar-refractivity contribution is -0.137. The number of imidazole rings is 1. The number of fused-ring (bicyclic) bond motifs is 1. The van der Waals surface area contributed by atoms with E-state index in [2.05, 4.69) is 9.71 Å². The molecule has 2 aromatic heterocycles. The number of anilines is 1. The molecule has 1 N–H and O–H groups in total. The summed E-state index contributed by atoms with van der Waals surface area (Å²) < 4.78 is 66.0. The first-order valence-electron chi connectivity index (χ1n) is 7.39. The second-order valence-corrected chi connectivity index (χ2v) is 7.72. The fraction of sp³-hybridized carbons (Fsp3) is 0.500. The number of alkyl halides is 3. The van der Waals surface area contributed by atoms with Gasteiger partial charge in [0.15, 0.2) is 0 Å². The highest BCUT2D eigenvalue weighted by Gasteiger charge is 2.33. The zero-order chi connectivity index (χ0) is 17.5. The summed E-state index contributed by atoms with van der Waals surface area (Å²) in [7, 11) is -3.29. The molecule has 3 rings (SSSR count). The number of nitrogens with zero attached hydrogens (tertiary/aromatic N) is 3. The molecule has 0 bridgehead atoms. The minimum absolute atomic E-state index is 0.194. The van der Waals surface area contributed by atoms with Crippen LogP contribution in [-0.2, 0) is 16.2 Å². The molecule has 10 heteroatoms. The van der Waals surface area contributed by atoms with E-state index in [1.807, 2.05) is 4.90 Å². The fourth-order valence-electron chi connectivity index (χ4n) is 2.95. The van der Waals surface area contributed by atoms with E-state index in [0.29, 0.717) is 37.3 Å². The van der Waals surface area contributed by atoms with E-state index < -0.39 is 21.8 Å². The predicted octanol–water partition coefficient (Wildman–Crippen LogP) is 1.87. The molecule has 1 saturated heterocycles. The Balaban J connectivity index is 1.86. The molecule has 0 aromatic carbocycles. The Hall–Kier alpha value is -1.81. The number of hydrogen-bond acceptors (Lipinski definition) is 4. The molecule has 1 fully saturated rings. The summed E-state index contributed by atoms with van der Waals surface area (Å²) in [6.07, 6.45) is 0.583. The second kappa shape index (κ2) is 5.92. The molecule has 0 atom stereocenters. The average Bonchev–Trinajstić information content (AvgIpc) is 2.93. The van der Waals surface area contributed by atoms with Crippen molar-refractivity contribution in [1.29, 1.82) is 0 Å². The number of halogens is 3. The van der Waals surface area contributed by atoms with Crippen molar-refractivity contribution in [1.82, 2.24) is 14.1 Å². The zero-order valence-electron chi connectivity index (χ0n) is 12.9. The van der Waals surface area contributed by atoms with Crippen LogP contribution in [0.1, 0.15) is 18.4 Å². The summed E-state index contributed by atoms with van der Waals surface area (Å²) >= 11 is 0. The van der Waals surface area contributed by atoms with Gasteiger partial charge in [0.2, 0.25) is 10.0 Å². The van der Waals surface area contributed by atoms with Crippen molar-refractivity contribution in [3.8, 4) is 0 Å². The van der Waals surface area contributed by atoms with Gasteiger partial charge in [-0.25, -0.2) is 18.1 Å². The van der Waals surface area contributed by atoms with Gasteiger partial charge in [0.25, 0.3) is 0 Å². The summed E-state index contributed by atoms with van der Waals surface area (Å²) in [5.74, 6) is 0.412. The van der Waals surface area contributed by atoms with Crippen molar-refractivity contribution >= 4 is 21.4 Å². The van der Waals surface area contributed by atoms with Crippen LogP contribution in [0, 0.1) is 0 Å². The van der Waals surface area contributed by atoms with Crippen LogP contribution in [-0.4, -0.2) is 43.2 Å². The lowest BCUT2D eigenvalue weighted by Gasteiger charge is -2.34. The molecule has 0 aliphatic carbocycles. The summed E-state index contributed by atoms with van der Waals surface area (Å²) in [4.78, 5) is 5.74. The Morgan fingerprint density at radius 2 is 1.92 bits per heavy atom. The van der Waals surface area contributed by atoms with E-state index in [1.54, 1.807) is 4.40 Å². The van der Waals surface area contributed by atoms with Crippen molar-refractivity contribution < 1.29 is 21.6 Å². The van der Waals surface area contributed by atoms with Crippen LogP contribution < -0.4 is 9.62 Å². The van der Waals surface area contributed by atoms with Gasteiger partial charge in [-0.2, -0.15) is 13.2 Å². The Morgan fingerprint density at radius 3 is 2.50 bits per heavy atom. The van der Waals surface area contributed by atoms with E-state index in [1.165, 1.54) is 12.5 Å². The third-order valence-corrected chi connectivity index (χ3v) is 4.79. The number of hydrogen-bond donors (Lipinski definition) is 1. The van der Waals surface area contributed by atoms with Crippen LogP contribution in [0.15, 0.2) is 24.7 Å². The van der Waals surface area contributed by atoms with E-state index in [9.17, 15) is 21.6 Å². The minimum atomic E-state index is -4.43. The van der Waals surface area contributed by atoms with Crippen LogP contribution in [0.2, 0.25) is 0 Å².